The molecule has 3 N–H and O–H groups in total. The van der Waals surface area contributed by atoms with Crippen LogP contribution in [0, 0.1) is 0 Å². The molecule has 1 amide bonds. The number of nitrogens with zero attached hydrogens (tertiary/aromatic N) is 2. The first-order chi connectivity index (χ1) is 12.1. The zero-order valence-corrected chi connectivity index (χ0v) is 13.1. The van der Waals surface area contributed by atoms with E-state index in [-0.39, 0.29) is 11.5 Å². The van der Waals surface area contributed by atoms with E-state index in [9.17, 15) is 14.7 Å². The fraction of sp³-hybridized carbons (Fsp3) is 0.111. The predicted molar refractivity (Wildman–Crippen MR) is 90.3 cm³/mol. The number of H-pyrrole nitrogens is 1. The molecule has 0 aliphatic carbocycles. The molecule has 0 radical (unpaired) electrons. The van der Waals surface area contributed by atoms with Crippen LogP contribution < -0.4 is 5.32 Å². The third-order valence-corrected chi connectivity index (χ3v) is 4.13. The average Bonchev–Trinajstić information content (AvgIpc) is 3.08. The molecule has 0 unspecified atom stereocenters. The van der Waals surface area contributed by atoms with Crippen molar-refractivity contribution in [1.29, 1.82) is 0 Å². The molecular formula is C18H14N4O3. The molecule has 0 saturated carbocycles. The van der Waals surface area contributed by atoms with Crippen molar-refractivity contribution in [2.45, 2.75) is 6.42 Å². The number of hydrogen-bond donors (Lipinski definition) is 3. The quantitative estimate of drug-likeness (QED) is 0.680. The Kier molecular flexibility index (Phi) is 3.53. The van der Waals surface area contributed by atoms with Crippen LogP contribution in [0.25, 0.3) is 22.8 Å². The van der Waals surface area contributed by atoms with E-state index in [1.807, 2.05) is 0 Å². The number of benzene rings is 1. The standard InChI is InChI=1S/C18H14N4O3/c23-17-12-9-15(21-13(12)5-8-20-17)14-6-7-19-16(22-14)10-3-1-2-4-11(10)18(24)25/h1-4,6-7,9,21H,5,8H2,(H,20,23)(H,24,25). The minimum Gasteiger partial charge on any atom is -0.478 e. The number of hydrogen-bond acceptors (Lipinski definition) is 4. The molecule has 1 aromatic carbocycles. The van der Waals surface area contributed by atoms with Crippen molar-refractivity contribution in [2.24, 2.45) is 0 Å². The van der Waals surface area contributed by atoms with Gasteiger partial charge in [-0.3, -0.25) is 4.79 Å². The number of fused-ring (bicyclic) bond motifs is 1. The summed E-state index contributed by atoms with van der Waals surface area (Å²) in [6.07, 6.45) is 2.32. The molecule has 1 aliphatic heterocycles. The van der Waals surface area contributed by atoms with E-state index < -0.39 is 5.97 Å². The first kappa shape index (κ1) is 15.1. The van der Waals surface area contributed by atoms with Gasteiger partial charge >= 0.3 is 5.97 Å². The van der Waals surface area contributed by atoms with E-state index in [1.165, 1.54) is 6.07 Å². The van der Waals surface area contributed by atoms with E-state index in [4.69, 9.17) is 0 Å². The van der Waals surface area contributed by atoms with Crippen LogP contribution in [0.2, 0.25) is 0 Å². The molecule has 1 aliphatic rings. The minimum atomic E-state index is -1.03. The number of nitrogens with one attached hydrogen (secondary N) is 2. The highest BCUT2D eigenvalue weighted by Crippen LogP contribution is 2.25. The van der Waals surface area contributed by atoms with Gasteiger partial charge in [-0.25, -0.2) is 14.8 Å². The molecule has 3 aromatic rings. The zero-order valence-electron chi connectivity index (χ0n) is 13.1. The van der Waals surface area contributed by atoms with Gasteiger partial charge in [-0.15, -0.1) is 0 Å². The number of carbonyl (C=O) groups is 2. The topological polar surface area (TPSA) is 108 Å². The molecule has 3 heterocycles. The van der Waals surface area contributed by atoms with Crippen molar-refractivity contribution in [1.82, 2.24) is 20.3 Å². The largest absolute Gasteiger partial charge is 0.478 e. The SMILES string of the molecule is O=C(O)c1ccccc1-c1nccc(-c2cc3c([nH]2)CCNC3=O)n1. The van der Waals surface area contributed by atoms with Gasteiger partial charge in [0.15, 0.2) is 5.82 Å². The van der Waals surface area contributed by atoms with Crippen LogP contribution in [0.1, 0.15) is 26.4 Å². The van der Waals surface area contributed by atoms with Crippen molar-refractivity contribution in [3.8, 4) is 22.8 Å². The van der Waals surface area contributed by atoms with Gasteiger partial charge in [-0.05, 0) is 18.2 Å². The molecular weight excluding hydrogens is 320 g/mol. The number of rotatable bonds is 3. The van der Waals surface area contributed by atoms with Crippen molar-refractivity contribution < 1.29 is 14.7 Å². The van der Waals surface area contributed by atoms with Crippen molar-refractivity contribution >= 4 is 11.9 Å². The Bertz CT molecular complexity index is 993. The van der Waals surface area contributed by atoms with Crippen LogP contribution in [0.15, 0.2) is 42.6 Å². The molecule has 4 rings (SSSR count). The highest BCUT2D eigenvalue weighted by Gasteiger charge is 2.21. The molecule has 0 fully saturated rings. The molecule has 0 spiro atoms. The second-order valence-electron chi connectivity index (χ2n) is 5.70. The van der Waals surface area contributed by atoms with Gasteiger partial charge in [0.2, 0.25) is 0 Å². The van der Waals surface area contributed by atoms with Crippen LogP contribution in [-0.2, 0) is 6.42 Å². The van der Waals surface area contributed by atoms with Gasteiger partial charge < -0.3 is 15.4 Å². The summed E-state index contributed by atoms with van der Waals surface area (Å²) in [5, 5.41) is 12.1. The highest BCUT2D eigenvalue weighted by molar-refractivity contribution is 5.98. The highest BCUT2D eigenvalue weighted by atomic mass is 16.4. The maximum Gasteiger partial charge on any atom is 0.336 e. The van der Waals surface area contributed by atoms with Gasteiger partial charge in [0, 0.05) is 30.4 Å². The molecule has 2 aromatic heterocycles. The number of aromatic carboxylic acids is 1. The fourth-order valence-electron chi connectivity index (χ4n) is 2.93. The zero-order chi connectivity index (χ0) is 17.4. The number of amides is 1. The number of carboxylic acids is 1. The lowest BCUT2D eigenvalue weighted by atomic mass is 10.1. The maximum absolute atomic E-state index is 11.9. The summed E-state index contributed by atoms with van der Waals surface area (Å²) < 4.78 is 0. The average molecular weight is 334 g/mol. The van der Waals surface area contributed by atoms with Gasteiger partial charge in [0.05, 0.1) is 22.5 Å². The lowest BCUT2D eigenvalue weighted by Gasteiger charge is -2.10. The Balaban J connectivity index is 1.79. The van der Waals surface area contributed by atoms with E-state index in [1.54, 1.807) is 36.5 Å². The van der Waals surface area contributed by atoms with Gasteiger partial charge in [0.1, 0.15) is 0 Å². The van der Waals surface area contributed by atoms with Crippen LogP contribution >= 0.6 is 0 Å². The normalized spacial score (nSPS) is 13.2. The molecule has 0 bridgehead atoms. The van der Waals surface area contributed by atoms with E-state index in [0.717, 1.165) is 12.1 Å². The fourth-order valence-corrected chi connectivity index (χ4v) is 2.93. The summed E-state index contributed by atoms with van der Waals surface area (Å²) >= 11 is 0. The molecule has 0 atom stereocenters. The van der Waals surface area contributed by atoms with Crippen LogP contribution in [-0.4, -0.2) is 38.5 Å². The Morgan fingerprint density at radius 1 is 1.16 bits per heavy atom. The number of carboxylic acid groups (broad SMARTS) is 1. The van der Waals surface area contributed by atoms with E-state index in [0.29, 0.717) is 34.9 Å². The van der Waals surface area contributed by atoms with E-state index in [2.05, 4.69) is 20.3 Å². The van der Waals surface area contributed by atoms with Gasteiger partial charge in [-0.2, -0.15) is 0 Å². The molecule has 7 nitrogen and oxygen atoms in total. The Morgan fingerprint density at radius 2 is 2.00 bits per heavy atom. The third-order valence-electron chi connectivity index (χ3n) is 4.13. The van der Waals surface area contributed by atoms with Gasteiger partial charge in [-0.1, -0.05) is 18.2 Å². The van der Waals surface area contributed by atoms with Crippen molar-refractivity contribution in [3.63, 3.8) is 0 Å². The first-order valence-electron chi connectivity index (χ1n) is 7.79. The van der Waals surface area contributed by atoms with Crippen molar-refractivity contribution in [3.05, 3.63) is 59.4 Å². The third kappa shape index (κ3) is 2.65. The summed E-state index contributed by atoms with van der Waals surface area (Å²) in [6.45, 7) is 0.604. The first-order valence-corrected chi connectivity index (χ1v) is 7.79. The van der Waals surface area contributed by atoms with Crippen molar-refractivity contribution in [2.75, 3.05) is 6.54 Å². The summed E-state index contributed by atoms with van der Waals surface area (Å²) in [4.78, 5) is 35.2. The summed E-state index contributed by atoms with van der Waals surface area (Å²) in [5.41, 5.74) is 3.40. The number of carbonyl (C=O) groups excluding carboxylic acids is 1. The lowest BCUT2D eigenvalue weighted by Crippen LogP contribution is -2.31. The maximum atomic E-state index is 11.9. The lowest BCUT2D eigenvalue weighted by molar-refractivity contribution is 0.0697. The minimum absolute atomic E-state index is 0.103. The Labute approximate surface area is 142 Å². The second kappa shape index (κ2) is 5.86. The molecule has 7 heteroatoms. The molecule has 124 valence electrons. The smallest absolute Gasteiger partial charge is 0.336 e. The summed E-state index contributed by atoms with van der Waals surface area (Å²) in [5.74, 6) is -0.807. The monoisotopic (exact) mass is 334 g/mol. The van der Waals surface area contributed by atoms with Crippen LogP contribution in [0.3, 0.4) is 0 Å². The van der Waals surface area contributed by atoms with Gasteiger partial charge in [0.25, 0.3) is 5.91 Å². The van der Waals surface area contributed by atoms with E-state index >= 15 is 0 Å². The second-order valence-corrected chi connectivity index (χ2v) is 5.70. The van der Waals surface area contributed by atoms with Crippen LogP contribution in [0.4, 0.5) is 0 Å². The summed E-state index contributed by atoms with van der Waals surface area (Å²) in [7, 11) is 0. The number of aromatic amines is 1. The Hall–Kier alpha value is -3.48. The number of aromatic nitrogens is 3. The predicted octanol–water partition coefficient (Wildman–Crippen LogP) is 2.12. The Morgan fingerprint density at radius 3 is 2.80 bits per heavy atom. The van der Waals surface area contributed by atoms with Crippen LogP contribution in [0.5, 0.6) is 0 Å². The summed E-state index contributed by atoms with van der Waals surface area (Å²) in [6, 6.07) is 10.1. The molecule has 25 heavy (non-hydrogen) atoms. The molecule has 0 saturated heterocycles.